The van der Waals surface area contributed by atoms with E-state index >= 15 is 0 Å². The molecule has 1 aliphatic rings. The fraction of sp³-hybridized carbons (Fsp3) is 0.500. The molecular formula is C12H16FNO. The highest BCUT2D eigenvalue weighted by molar-refractivity contribution is 5.50. The van der Waals surface area contributed by atoms with Crippen LogP contribution in [-0.2, 0) is 5.60 Å². The Balaban J connectivity index is 2.42. The summed E-state index contributed by atoms with van der Waals surface area (Å²) in [4.78, 5) is 0. The first-order valence-electron chi connectivity index (χ1n) is 5.40. The first-order chi connectivity index (χ1) is 7.13. The van der Waals surface area contributed by atoms with Crippen molar-refractivity contribution in [3.05, 3.63) is 29.6 Å². The van der Waals surface area contributed by atoms with Crippen LogP contribution in [0.1, 0.15) is 37.7 Å². The Bertz CT molecular complexity index is 338. The van der Waals surface area contributed by atoms with E-state index in [1.807, 2.05) is 0 Å². The molecule has 0 bridgehead atoms. The molecule has 15 heavy (non-hydrogen) atoms. The molecule has 1 fully saturated rings. The molecule has 1 saturated carbocycles. The Morgan fingerprint density at radius 1 is 1.20 bits per heavy atom. The largest absolute Gasteiger partial charge is 0.398 e. The van der Waals surface area contributed by atoms with Crippen LogP contribution >= 0.6 is 0 Å². The highest BCUT2D eigenvalue weighted by Gasteiger charge is 2.35. The van der Waals surface area contributed by atoms with Crippen molar-refractivity contribution in [1.29, 1.82) is 0 Å². The second kappa shape index (κ2) is 3.81. The Kier molecular flexibility index (Phi) is 2.65. The first kappa shape index (κ1) is 10.4. The molecule has 2 rings (SSSR count). The van der Waals surface area contributed by atoms with Gasteiger partial charge in [0.2, 0.25) is 0 Å². The lowest BCUT2D eigenvalue weighted by Gasteiger charge is -2.33. The third-order valence-electron chi connectivity index (χ3n) is 3.19. The molecular weight excluding hydrogens is 193 g/mol. The maximum absolute atomic E-state index is 13.6. The van der Waals surface area contributed by atoms with Gasteiger partial charge in [0.25, 0.3) is 0 Å². The summed E-state index contributed by atoms with van der Waals surface area (Å²) in [6.07, 6.45) is 4.20. The Morgan fingerprint density at radius 3 is 2.47 bits per heavy atom. The summed E-state index contributed by atoms with van der Waals surface area (Å²) < 4.78 is 13.6. The Labute approximate surface area is 88.9 Å². The Hall–Kier alpha value is -1.09. The van der Waals surface area contributed by atoms with Gasteiger partial charge in [0, 0.05) is 11.3 Å². The van der Waals surface area contributed by atoms with Gasteiger partial charge in [0.1, 0.15) is 5.82 Å². The highest BCUT2D eigenvalue weighted by Crippen LogP contribution is 2.40. The van der Waals surface area contributed by atoms with Crippen molar-refractivity contribution in [3.63, 3.8) is 0 Å². The highest BCUT2D eigenvalue weighted by atomic mass is 19.1. The molecule has 1 aromatic carbocycles. The second-order valence-electron chi connectivity index (χ2n) is 4.30. The number of nitrogens with two attached hydrogens (primary N) is 1. The number of benzene rings is 1. The zero-order chi connectivity index (χ0) is 10.9. The predicted octanol–water partition coefficient (Wildman–Crippen LogP) is 2.56. The van der Waals surface area contributed by atoms with Crippen molar-refractivity contribution in [2.45, 2.75) is 37.7 Å². The zero-order valence-corrected chi connectivity index (χ0v) is 8.67. The summed E-state index contributed by atoms with van der Waals surface area (Å²) in [7, 11) is 0. The average Bonchev–Trinajstić information content (AvgIpc) is 2.18. The quantitative estimate of drug-likeness (QED) is 0.698. The summed E-state index contributed by atoms with van der Waals surface area (Å²) >= 11 is 0. The number of rotatable bonds is 1. The van der Waals surface area contributed by atoms with Crippen LogP contribution < -0.4 is 5.73 Å². The standard InChI is InChI=1S/C12H16FNO/c13-9-5-4-6-10(14)11(9)12(15)7-2-1-3-8-12/h4-6,15H,1-3,7-8,14H2. The topological polar surface area (TPSA) is 46.2 Å². The molecule has 0 unspecified atom stereocenters. The van der Waals surface area contributed by atoms with E-state index in [9.17, 15) is 9.50 Å². The number of anilines is 1. The van der Waals surface area contributed by atoms with Crippen LogP contribution in [0, 0.1) is 5.82 Å². The normalized spacial score (nSPS) is 20.1. The van der Waals surface area contributed by atoms with E-state index in [-0.39, 0.29) is 5.82 Å². The molecule has 0 atom stereocenters. The number of hydrogen-bond donors (Lipinski definition) is 2. The number of halogens is 1. The van der Waals surface area contributed by atoms with E-state index in [2.05, 4.69) is 0 Å². The maximum Gasteiger partial charge on any atom is 0.131 e. The van der Waals surface area contributed by atoms with Crippen molar-refractivity contribution in [3.8, 4) is 0 Å². The molecule has 82 valence electrons. The van der Waals surface area contributed by atoms with Crippen molar-refractivity contribution in [2.24, 2.45) is 0 Å². The summed E-state index contributed by atoms with van der Waals surface area (Å²) in [6, 6.07) is 4.57. The van der Waals surface area contributed by atoms with Crippen LogP contribution in [-0.4, -0.2) is 5.11 Å². The lowest BCUT2D eigenvalue weighted by molar-refractivity contribution is -0.00298. The summed E-state index contributed by atoms with van der Waals surface area (Å²) in [5.41, 5.74) is 5.35. The summed E-state index contributed by atoms with van der Waals surface area (Å²) in [6.45, 7) is 0. The average molecular weight is 209 g/mol. The molecule has 3 N–H and O–H groups in total. The van der Waals surface area contributed by atoms with Crippen molar-refractivity contribution in [1.82, 2.24) is 0 Å². The minimum Gasteiger partial charge on any atom is -0.398 e. The van der Waals surface area contributed by atoms with Gasteiger partial charge in [-0.2, -0.15) is 0 Å². The van der Waals surface area contributed by atoms with Gasteiger partial charge in [-0.3, -0.25) is 0 Å². The fourth-order valence-corrected chi connectivity index (χ4v) is 2.42. The van der Waals surface area contributed by atoms with Gasteiger partial charge in [-0.25, -0.2) is 4.39 Å². The van der Waals surface area contributed by atoms with Crippen LogP contribution in [0.5, 0.6) is 0 Å². The van der Waals surface area contributed by atoms with E-state index in [0.717, 1.165) is 19.3 Å². The van der Waals surface area contributed by atoms with E-state index in [1.54, 1.807) is 12.1 Å². The van der Waals surface area contributed by atoms with Crippen LogP contribution in [0.3, 0.4) is 0 Å². The van der Waals surface area contributed by atoms with Gasteiger partial charge in [-0.15, -0.1) is 0 Å². The molecule has 3 heteroatoms. The number of hydrogen-bond acceptors (Lipinski definition) is 2. The van der Waals surface area contributed by atoms with Gasteiger partial charge < -0.3 is 10.8 Å². The van der Waals surface area contributed by atoms with Gasteiger partial charge in [0.15, 0.2) is 0 Å². The smallest absolute Gasteiger partial charge is 0.131 e. The monoisotopic (exact) mass is 209 g/mol. The van der Waals surface area contributed by atoms with E-state index in [0.29, 0.717) is 24.1 Å². The van der Waals surface area contributed by atoms with Crippen molar-refractivity contribution >= 4 is 5.69 Å². The van der Waals surface area contributed by atoms with Crippen LogP contribution in [0.4, 0.5) is 10.1 Å². The van der Waals surface area contributed by atoms with Gasteiger partial charge >= 0.3 is 0 Å². The van der Waals surface area contributed by atoms with Gasteiger partial charge in [-0.05, 0) is 25.0 Å². The minimum atomic E-state index is -1.05. The van der Waals surface area contributed by atoms with Gasteiger partial charge in [0.05, 0.1) is 5.60 Å². The fourth-order valence-electron chi connectivity index (χ4n) is 2.42. The molecule has 0 aliphatic heterocycles. The molecule has 1 aromatic rings. The number of nitrogen functional groups attached to an aromatic ring is 1. The van der Waals surface area contributed by atoms with E-state index in [1.165, 1.54) is 6.07 Å². The van der Waals surface area contributed by atoms with E-state index in [4.69, 9.17) is 5.73 Å². The maximum atomic E-state index is 13.6. The third-order valence-corrected chi connectivity index (χ3v) is 3.19. The molecule has 0 radical (unpaired) electrons. The molecule has 1 aliphatic carbocycles. The van der Waals surface area contributed by atoms with Crippen molar-refractivity contribution in [2.75, 3.05) is 5.73 Å². The van der Waals surface area contributed by atoms with Gasteiger partial charge in [-0.1, -0.05) is 25.3 Å². The lowest BCUT2D eigenvalue weighted by Crippen LogP contribution is -2.30. The third kappa shape index (κ3) is 1.84. The molecule has 0 spiro atoms. The molecule has 0 aromatic heterocycles. The lowest BCUT2D eigenvalue weighted by atomic mass is 9.79. The van der Waals surface area contributed by atoms with Crippen LogP contribution in [0.15, 0.2) is 18.2 Å². The SMILES string of the molecule is Nc1cccc(F)c1C1(O)CCCCC1. The molecule has 0 heterocycles. The second-order valence-corrected chi connectivity index (χ2v) is 4.30. The molecule has 0 saturated heterocycles. The first-order valence-corrected chi connectivity index (χ1v) is 5.40. The summed E-state index contributed by atoms with van der Waals surface area (Å²) in [5.74, 6) is -0.389. The molecule has 2 nitrogen and oxygen atoms in total. The van der Waals surface area contributed by atoms with Crippen LogP contribution in [0.25, 0.3) is 0 Å². The van der Waals surface area contributed by atoms with Crippen LogP contribution in [0.2, 0.25) is 0 Å². The zero-order valence-electron chi connectivity index (χ0n) is 8.67. The van der Waals surface area contributed by atoms with E-state index < -0.39 is 5.60 Å². The predicted molar refractivity (Wildman–Crippen MR) is 57.8 cm³/mol. The molecule has 0 amide bonds. The van der Waals surface area contributed by atoms with Crippen molar-refractivity contribution < 1.29 is 9.50 Å². The number of aliphatic hydroxyl groups is 1. The summed E-state index contributed by atoms with van der Waals surface area (Å²) in [5, 5.41) is 10.4. The minimum absolute atomic E-state index is 0.296. The Morgan fingerprint density at radius 2 is 1.87 bits per heavy atom.